The Morgan fingerprint density at radius 3 is 2.41 bits per heavy atom. The van der Waals surface area contributed by atoms with Crippen molar-refractivity contribution in [3.8, 4) is 17.2 Å². The molecule has 0 aliphatic rings. The van der Waals surface area contributed by atoms with Crippen molar-refractivity contribution in [3.63, 3.8) is 0 Å². The first-order valence-electron chi connectivity index (χ1n) is 5.34. The number of hydrogen-bond acceptors (Lipinski definition) is 3. The molecule has 0 saturated heterocycles. The standard InChI is InChI=1S/C14H13N3/c1-17(2)13-5-3-11(4-6-13)14-7-8-16-10-12(14)9-15/h3-8,10H,1-2H3. The quantitative estimate of drug-likeness (QED) is 0.785. The summed E-state index contributed by atoms with van der Waals surface area (Å²) < 4.78 is 0. The van der Waals surface area contributed by atoms with Crippen LogP contribution in [0.4, 0.5) is 5.69 Å². The number of aromatic nitrogens is 1. The number of nitriles is 1. The monoisotopic (exact) mass is 223 g/mol. The molecule has 84 valence electrons. The van der Waals surface area contributed by atoms with E-state index in [2.05, 4.69) is 11.1 Å². The first-order valence-corrected chi connectivity index (χ1v) is 5.34. The molecule has 0 N–H and O–H groups in total. The van der Waals surface area contributed by atoms with Crippen LogP contribution in [0, 0.1) is 11.3 Å². The first kappa shape index (κ1) is 11.2. The van der Waals surface area contributed by atoms with Crippen LogP contribution in [-0.2, 0) is 0 Å². The smallest absolute Gasteiger partial charge is 0.101 e. The summed E-state index contributed by atoms with van der Waals surface area (Å²) in [6.45, 7) is 0. The number of hydrogen-bond donors (Lipinski definition) is 0. The zero-order valence-electron chi connectivity index (χ0n) is 9.88. The normalized spacial score (nSPS) is 9.71. The van der Waals surface area contributed by atoms with E-state index in [0.29, 0.717) is 5.56 Å². The van der Waals surface area contributed by atoms with Gasteiger partial charge >= 0.3 is 0 Å². The predicted octanol–water partition coefficient (Wildman–Crippen LogP) is 2.69. The fraction of sp³-hybridized carbons (Fsp3) is 0.143. The van der Waals surface area contributed by atoms with Gasteiger partial charge in [0.25, 0.3) is 0 Å². The number of pyridine rings is 1. The van der Waals surface area contributed by atoms with Gasteiger partial charge in [-0.1, -0.05) is 12.1 Å². The average molecular weight is 223 g/mol. The highest BCUT2D eigenvalue weighted by atomic mass is 15.1. The second-order valence-electron chi connectivity index (χ2n) is 3.97. The number of nitrogens with zero attached hydrogens (tertiary/aromatic N) is 3. The van der Waals surface area contributed by atoms with Gasteiger partial charge in [0.2, 0.25) is 0 Å². The molecule has 1 aromatic carbocycles. The molecule has 0 amide bonds. The van der Waals surface area contributed by atoms with Gasteiger partial charge in [0.1, 0.15) is 6.07 Å². The minimum absolute atomic E-state index is 0.602. The molecule has 0 fully saturated rings. The van der Waals surface area contributed by atoms with Gasteiger partial charge in [-0.2, -0.15) is 5.26 Å². The van der Waals surface area contributed by atoms with Crippen LogP contribution in [-0.4, -0.2) is 19.1 Å². The molecular weight excluding hydrogens is 210 g/mol. The summed E-state index contributed by atoms with van der Waals surface area (Å²) >= 11 is 0. The lowest BCUT2D eigenvalue weighted by Crippen LogP contribution is -2.07. The fourth-order valence-electron chi connectivity index (χ4n) is 1.67. The van der Waals surface area contributed by atoms with Crippen molar-refractivity contribution >= 4 is 5.69 Å². The highest BCUT2D eigenvalue weighted by Crippen LogP contribution is 2.24. The third kappa shape index (κ3) is 2.26. The van der Waals surface area contributed by atoms with Gasteiger partial charge in [0, 0.05) is 37.7 Å². The van der Waals surface area contributed by atoms with Crippen molar-refractivity contribution in [2.24, 2.45) is 0 Å². The summed E-state index contributed by atoms with van der Waals surface area (Å²) in [5, 5.41) is 9.02. The molecular formula is C14H13N3. The molecule has 3 nitrogen and oxygen atoms in total. The zero-order chi connectivity index (χ0) is 12.3. The second kappa shape index (κ2) is 4.67. The van der Waals surface area contributed by atoms with Crippen molar-refractivity contribution in [2.75, 3.05) is 19.0 Å². The van der Waals surface area contributed by atoms with Gasteiger partial charge in [0.05, 0.1) is 5.56 Å². The topological polar surface area (TPSA) is 39.9 Å². The van der Waals surface area contributed by atoms with Crippen LogP contribution in [0.15, 0.2) is 42.7 Å². The lowest BCUT2D eigenvalue weighted by Gasteiger charge is -2.12. The highest BCUT2D eigenvalue weighted by molar-refractivity contribution is 5.71. The minimum atomic E-state index is 0.602. The van der Waals surface area contributed by atoms with Crippen LogP contribution >= 0.6 is 0 Å². The molecule has 1 aromatic heterocycles. The van der Waals surface area contributed by atoms with Crippen molar-refractivity contribution in [3.05, 3.63) is 48.3 Å². The fourth-order valence-corrected chi connectivity index (χ4v) is 1.67. The van der Waals surface area contributed by atoms with Crippen LogP contribution in [0.3, 0.4) is 0 Å². The molecule has 0 unspecified atom stereocenters. The molecule has 0 bridgehead atoms. The molecule has 2 rings (SSSR count). The zero-order valence-corrected chi connectivity index (χ0v) is 9.88. The van der Waals surface area contributed by atoms with Gasteiger partial charge in [-0.3, -0.25) is 4.98 Å². The molecule has 0 saturated carbocycles. The van der Waals surface area contributed by atoms with Crippen molar-refractivity contribution < 1.29 is 0 Å². The summed E-state index contributed by atoms with van der Waals surface area (Å²) in [6.07, 6.45) is 3.30. The lowest BCUT2D eigenvalue weighted by atomic mass is 10.0. The molecule has 0 radical (unpaired) electrons. The Bertz CT molecular complexity index is 550. The van der Waals surface area contributed by atoms with E-state index in [9.17, 15) is 0 Å². The predicted molar refractivity (Wildman–Crippen MR) is 68.7 cm³/mol. The Hall–Kier alpha value is -2.34. The average Bonchev–Trinajstić information content (AvgIpc) is 2.39. The molecule has 17 heavy (non-hydrogen) atoms. The van der Waals surface area contributed by atoms with Gasteiger partial charge in [-0.25, -0.2) is 0 Å². The largest absolute Gasteiger partial charge is 0.378 e. The van der Waals surface area contributed by atoms with Crippen LogP contribution in [0.25, 0.3) is 11.1 Å². The van der Waals surface area contributed by atoms with E-state index < -0.39 is 0 Å². The summed E-state index contributed by atoms with van der Waals surface area (Å²) in [4.78, 5) is 6.00. The maximum absolute atomic E-state index is 9.02. The van der Waals surface area contributed by atoms with Crippen molar-refractivity contribution in [2.45, 2.75) is 0 Å². The third-order valence-corrected chi connectivity index (χ3v) is 2.64. The van der Waals surface area contributed by atoms with Crippen molar-refractivity contribution in [1.29, 1.82) is 5.26 Å². The highest BCUT2D eigenvalue weighted by Gasteiger charge is 2.04. The Morgan fingerprint density at radius 2 is 1.82 bits per heavy atom. The van der Waals surface area contributed by atoms with Gasteiger partial charge < -0.3 is 4.90 Å². The number of benzene rings is 1. The number of rotatable bonds is 2. The van der Waals surface area contributed by atoms with Crippen LogP contribution < -0.4 is 4.90 Å². The Morgan fingerprint density at radius 1 is 1.12 bits per heavy atom. The molecule has 0 aliphatic carbocycles. The van der Waals surface area contributed by atoms with Crippen LogP contribution in [0.2, 0.25) is 0 Å². The van der Waals surface area contributed by atoms with Gasteiger partial charge in [-0.05, 0) is 23.8 Å². The Kier molecular flexibility index (Phi) is 3.06. The van der Waals surface area contributed by atoms with E-state index in [1.165, 1.54) is 0 Å². The minimum Gasteiger partial charge on any atom is -0.378 e. The summed E-state index contributed by atoms with van der Waals surface area (Å²) in [6, 6.07) is 12.1. The third-order valence-electron chi connectivity index (χ3n) is 2.64. The summed E-state index contributed by atoms with van der Waals surface area (Å²) in [5.74, 6) is 0. The second-order valence-corrected chi connectivity index (χ2v) is 3.97. The van der Waals surface area contributed by atoms with E-state index in [4.69, 9.17) is 5.26 Å². The molecule has 0 spiro atoms. The first-order chi connectivity index (χ1) is 8.22. The maximum Gasteiger partial charge on any atom is 0.101 e. The Labute approximate surface area is 101 Å². The SMILES string of the molecule is CN(C)c1ccc(-c2ccncc2C#N)cc1. The molecule has 1 heterocycles. The lowest BCUT2D eigenvalue weighted by molar-refractivity contribution is 1.13. The van der Waals surface area contributed by atoms with E-state index in [0.717, 1.165) is 16.8 Å². The van der Waals surface area contributed by atoms with E-state index in [1.54, 1.807) is 12.4 Å². The maximum atomic E-state index is 9.02. The molecule has 3 heteroatoms. The molecule has 2 aromatic rings. The molecule has 0 atom stereocenters. The van der Waals surface area contributed by atoms with Gasteiger partial charge in [0.15, 0.2) is 0 Å². The van der Waals surface area contributed by atoms with Crippen LogP contribution in [0.5, 0.6) is 0 Å². The summed E-state index contributed by atoms with van der Waals surface area (Å²) in [5.41, 5.74) is 3.70. The summed E-state index contributed by atoms with van der Waals surface area (Å²) in [7, 11) is 4.00. The van der Waals surface area contributed by atoms with Gasteiger partial charge in [-0.15, -0.1) is 0 Å². The van der Waals surface area contributed by atoms with E-state index >= 15 is 0 Å². The number of anilines is 1. The van der Waals surface area contributed by atoms with E-state index in [-0.39, 0.29) is 0 Å². The van der Waals surface area contributed by atoms with E-state index in [1.807, 2.05) is 49.3 Å². The molecule has 0 aliphatic heterocycles. The van der Waals surface area contributed by atoms with Crippen molar-refractivity contribution in [1.82, 2.24) is 4.98 Å². The Balaban J connectivity index is 2.44. The van der Waals surface area contributed by atoms with Crippen LogP contribution in [0.1, 0.15) is 5.56 Å².